The number of nitrogens with one attached hydrogen (secondary N) is 1. The van der Waals surface area contributed by atoms with Crippen molar-refractivity contribution in [1.29, 1.82) is 0 Å². The molecule has 1 rings (SSSR count). The first-order chi connectivity index (χ1) is 10.1. The Balaban J connectivity index is 2.95. The zero-order valence-corrected chi connectivity index (χ0v) is 13.9. The number of allylic oxidation sites excluding steroid dienone is 1. The predicted octanol–water partition coefficient (Wildman–Crippen LogP) is 4.49. The van der Waals surface area contributed by atoms with Crippen molar-refractivity contribution in [3.8, 4) is 11.5 Å². The van der Waals surface area contributed by atoms with Gasteiger partial charge in [0.1, 0.15) is 0 Å². The highest BCUT2D eigenvalue weighted by atomic mass is 16.5. The lowest BCUT2D eigenvalue weighted by Crippen LogP contribution is -2.21. The van der Waals surface area contributed by atoms with Gasteiger partial charge in [0, 0.05) is 6.04 Å². The van der Waals surface area contributed by atoms with Gasteiger partial charge in [-0.05, 0) is 57.9 Å². The van der Waals surface area contributed by atoms with E-state index in [0.717, 1.165) is 30.9 Å². The van der Waals surface area contributed by atoms with Gasteiger partial charge in [0.2, 0.25) is 0 Å². The summed E-state index contributed by atoms with van der Waals surface area (Å²) in [5.74, 6) is 1.65. The van der Waals surface area contributed by atoms with Crippen LogP contribution in [0.15, 0.2) is 30.4 Å². The van der Waals surface area contributed by atoms with Gasteiger partial charge in [0.05, 0.1) is 13.2 Å². The molecule has 0 fully saturated rings. The smallest absolute Gasteiger partial charge is 0.161 e. The van der Waals surface area contributed by atoms with Crippen molar-refractivity contribution in [2.75, 3.05) is 19.8 Å². The fraction of sp³-hybridized carbons (Fsp3) is 0.556. The molecule has 1 aromatic rings. The third kappa shape index (κ3) is 5.80. The van der Waals surface area contributed by atoms with Crippen molar-refractivity contribution >= 4 is 0 Å². The number of ether oxygens (including phenoxy) is 2. The van der Waals surface area contributed by atoms with Gasteiger partial charge in [0.15, 0.2) is 11.5 Å². The van der Waals surface area contributed by atoms with Crippen molar-refractivity contribution in [2.45, 2.75) is 46.6 Å². The van der Waals surface area contributed by atoms with Gasteiger partial charge in [-0.3, -0.25) is 0 Å². The molecule has 0 saturated heterocycles. The second kappa shape index (κ2) is 9.46. The first kappa shape index (κ1) is 17.6. The Kier molecular flexibility index (Phi) is 7.91. The average molecular weight is 291 g/mol. The Labute approximate surface area is 129 Å². The van der Waals surface area contributed by atoms with E-state index < -0.39 is 0 Å². The van der Waals surface area contributed by atoms with E-state index in [4.69, 9.17) is 9.47 Å². The maximum absolute atomic E-state index is 5.71. The minimum absolute atomic E-state index is 0.321. The molecule has 118 valence electrons. The van der Waals surface area contributed by atoms with Gasteiger partial charge >= 0.3 is 0 Å². The van der Waals surface area contributed by atoms with Crippen LogP contribution < -0.4 is 14.8 Å². The van der Waals surface area contributed by atoms with Crippen molar-refractivity contribution < 1.29 is 9.47 Å². The lowest BCUT2D eigenvalue weighted by Gasteiger charge is -2.20. The van der Waals surface area contributed by atoms with E-state index >= 15 is 0 Å². The Hall–Kier alpha value is -1.48. The third-order valence-corrected chi connectivity index (χ3v) is 3.28. The molecule has 0 aliphatic heterocycles. The Morgan fingerprint density at radius 1 is 1.14 bits per heavy atom. The molecule has 0 aromatic heterocycles. The van der Waals surface area contributed by atoms with E-state index in [-0.39, 0.29) is 0 Å². The normalized spacial score (nSPS) is 12.0. The monoisotopic (exact) mass is 291 g/mol. The SMILES string of the molecule is C=C(C)CCC(NCC)c1ccc(OCC)c(OCC)c1. The number of rotatable bonds is 10. The minimum Gasteiger partial charge on any atom is -0.490 e. The Morgan fingerprint density at radius 3 is 2.38 bits per heavy atom. The van der Waals surface area contributed by atoms with Crippen LogP contribution in [-0.2, 0) is 0 Å². The molecular weight excluding hydrogens is 262 g/mol. The van der Waals surface area contributed by atoms with E-state index in [1.54, 1.807) is 0 Å². The van der Waals surface area contributed by atoms with Gasteiger partial charge in [-0.1, -0.05) is 18.6 Å². The molecule has 21 heavy (non-hydrogen) atoms. The Morgan fingerprint density at radius 2 is 1.81 bits per heavy atom. The minimum atomic E-state index is 0.321. The second-order valence-electron chi connectivity index (χ2n) is 5.18. The van der Waals surface area contributed by atoms with Crippen LogP contribution in [0, 0.1) is 0 Å². The molecule has 3 heteroatoms. The largest absolute Gasteiger partial charge is 0.490 e. The van der Waals surface area contributed by atoms with Gasteiger partial charge < -0.3 is 14.8 Å². The highest BCUT2D eigenvalue weighted by Gasteiger charge is 2.14. The molecule has 0 aliphatic carbocycles. The molecule has 0 heterocycles. The lowest BCUT2D eigenvalue weighted by atomic mass is 9.99. The van der Waals surface area contributed by atoms with E-state index in [1.165, 1.54) is 11.1 Å². The van der Waals surface area contributed by atoms with E-state index in [9.17, 15) is 0 Å². The highest BCUT2D eigenvalue weighted by Crippen LogP contribution is 2.32. The fourth-order valence-electron chi connectivity index (χ4n) is 2.31. The maximum atomic E-state index is 5.71. The summed E-state index contributed by atoms with van der Waals surface area (Å²) in [5, 5.41) is 3.54. The van der Waals surface area contributed by atoms with Crippen molar-refractivity contribution in [1.82, 2.24) is 5.32 Å². The first-order valence-corrected chi connectivity index (χ1v) is 7.89. The zero-order valence-electron chi connectivity index (χ0n) is 13.9. The molecule has 1 unspecified atom stereocenters. The molecule has 1 N–H and O–H groups in total. The summed E-state index contributed by atoms with van der Waals surface area (Å²) in [6.45, 7) is 14.4. The van der Waals surface area contributed by atoms with Crippen LogP contribution >= 0.6 is 0 Å². The summed E-state index contributed by atoms with van der Waals surface area (Å²) < 4.78 is 11.3. The van der Waals surface area contributed by atoms with Gasteiger partial charge in [-0.25, -0.2) is 0 Å². The van der Waals surface area contributed by atoms with E-state index in [1.807, 2.05) is 19.9 Å². The van der Waals surface area contributed by atoms with Gasteiger partial charge in [-0.2, -0.15) is 0 Å². The Bertz CT molecular complexity index is 443. The lowest BCUT2D eigenvalue weighted by molar-refractivity contribution is 0.287. The average Bonchev–Trinajstić information content (AvgIpc) is 2.45. The summed E-state index contributed by atoms with van der Waals surface area (Å²) in [6.07, 6.45) is 2.07. The molecule has 1 atom stereocenters. The fourth-order valence-corrected chi connectivity index (χ4v) is 2.31. The van der Waals surface area contributed by atoms with Crippen LogP contribution in [0.2, 0.25) is 0 Å². The van der Waals surface area contributed by atoms with Crippen LogP contribution in [0.4, 0.5) is 0 Å². The van der Waals surface area contributed by atoms with Gasteiger partial charge in [-0.15, -0.1) is 6.58 Å². The van der Waals surface area contributed by atoms with Crippen LogP contribution in [0.25, 0.3) is 0 Å². The van der Waals surface area contributed by atoms with E-state index in [2.05, 4.69) is 37.9 Å². The van der Waals surface area contributed by atoms with Crippen molar-refractivity contribution in [3.05, 3.63) is 35.9 Å². The van der Waals surface area contributed by atoms with Crippen molar-refractivity contribution in [2.24, 2.45) is 0 Å². The summed E-state index contributed by atoms with van der Waals surface area (Å²) in [4.78, 5) is 0. The van der Waals surface area contributed by atoms with Gasteiger partial charge in [0.25, 0.3) is 0 Å². The standard InChI is InChI=1S/C18H29NO2/c1-6-19-16(11-9-14(4)5)15-10-12-17(20-7-2)18(13-15)21-8-3/h10,12-13,16,19H,4,6-9,11H2,1-3,5H3. The second-order valence-corrected chi connectivity index (χ2v) is 5.18. The molecule has 1 aromatic carbocycles. The predicted molar refractivity (Wildman–Crippen MR) is 89.2 cm³/mol. The molecule has 0 saturated carbocycles. The van der Waals surface area contributed by atoms with Crippen molar-refractivity contribution in [3.63, 3.8) is 0 Å². The highest BCUT2D eigenvalue weighted by molar-refractivity contribution is 5.44. The van der Waals surface area contributed by atoms with Crippen LogP contribution in [0.5, 0.6) is 11.5 Å². The molecule has 0 spiro atoms. The first-order valence-electron chi connectivity index (χ1n) is 7.89. The third-order valence-electron chi connectivity index (χ3n) is 3.28. The molecule has 0 bridgehead atoms. The summed E-state index contributed by atoms with van der Waals surface area (Å²) in [6, 6.07) is 6.55. The number of hydrogen-bond acceptors (Lipinski definition) is 3. The van der Waals surface area contributed by atoms with Crippen LogP contribution in [0.1, 0.15) is 52.1 Å². The van der Waals surface area contributed by atoms with E-state index in [0.29, 0.717) is 19.3 Å². The summed E-state index contributed by atoms with van der Waals surface area (Å²) in [7, 11) is 0. The molecule has 0 amide bonds. The zero-order chi connectivity index (χ0) is 15.7. The molecular formula is C18H29NO2. The van der Waals surface area contributed by atoms with Crippen LogP contribution in [0.3, 0.4) is 0 Å². The number of benzene rings is 1. The maximum Gasteiger partial charge on any atom is 0.161 e. The summed E-state index contributed by atoms with van der Waals surface area (Å²) in [5.41, 5.74) is 2.46. The quantitative estimate of drug-likeness (QED) is 0.644. The number of hydrogen-bond donors (Lipinski definition) is 1. The molecule has 0 aliphatic rings. The topological polar surface area (TPSA) is 30.5 Å². The molecule has 3 nitrogen and oxygen atoms in total. The summed E-state index contributed by atoms with van der Waals surface area (Å²) >= 11 is 0. The molecule has 0 radical (unpaired) electrons. The van der Waals surface area contributed by atoms with Crippen LogP contribution in [-0.4, -0.2) is 19.8 Å².